The van der Waals surface area contributed by atoms with Crippen molar-refractivity contribution in [1.29, 1.82) is 0 Å². The Morgan fingerprint density at radius 2 is 1.84 bits per heavy atom. The minimum Gasteiger partial charge on any atom is -0.496 e. The van der Waals surface area contributed by atoms with Gasteiger partial charge in [0.2, 0.25) is 0 Å². The van der Waals surface area contributed by atoms with Gasteiger partial charge < -0.3 is 34.0 Å². The van der Waals surface area contributed by atoms with E-state index < -0.39 is 35.5 Å². The van der Waals surface area contributed by atoms with Crippen LogP contribution in [0.15, 0.2) is 69.3 Å². The molecule has 0 bridgehead atoms. The predicted molar refractivity (Wildman–Crippen MR) is 155 cm³/mol. The van der Waals surface area contributed by atoms with Crippen LogP contribution in [-0.2, 0) is 14.3 Å². The molecule has 3 N–H and O–H groups in total. The Hall–Kier alpha value is -5.86. The van der Waals surface area contributed by atoms with Gasteiger partial charge in [0.15, 0.2) is 18.1 Å². The van der Waals surface area contributed by atoms with Crippen LogP contribution < -0.4 is 30.3 Å². The molecular formula is C29H29N5O10. The highest BCUT2D eigenvalue weighted by molar-refractivity contribution is 5.95. The molecule has 0 saturated heterocycles. The molecule has 1 aliphatic heterocycles. The number of allylic oxidation sites excluding steroid dienone is 1. The number of carbonyl (C=O) groups is 3. The molecule has 44 heavy (non-hydrogen) atoms. The number of hydrogen-bond acceptors (Lipinski definition) is 11. The van der Waals surface area contributed by atoms with Gasteiger partial charge in [-0.15, -0.1) is 0 Å². The van der Waals surface area contributed by atoms with E-state index in [0.717, 1.165) is 0 Å². The molecule has 0 radical (unpaired) electrons. The Balaban J connectivity index is 1.39. The van der Waals surface area contributed by atoms with E-state index in [0.29, 0.717) is 28.3 Å². The second-order valence-electron chi connectivity index (χ2n) is 9.13. The van der Waals surface area contributed by atoms with E-state index in [4.69, 9.17) is 23.4 Å². The lowest BCUT2D eigenvalue weighted by Crippen LogP contribution is -2.45. The number of nitrogens with one attached hydrogen (secondary N) is 3. The van der Waals surface area contributed by atoms with Gasteiger partial charge in [0, 0.05) is 17.8 Å². The Bertz CT molecular complexity index is 1640. The van der Waals surface area contributed by atoms with Crippen molar-refractivity contribution in [2.45, 2.75) is 19.9 Å². The fourth-order valence-electron chi connectivity index (χ4n) is 4.32. The molecule has 0 unspecified atom stereocenters. The van der Waals surface area contributed by atoms with Crippen molar-refractivity contribution in [3.63, 3.8) is 0 Å². The fraction of sp³-hybridized carbons (Fsp3) is 0.241. The molecule has 0 aliphatic carbocycles. The monoisotopic (exact) mass is 607 g/mol. The van der Waals surface area contributed by atoms with Crippen LogP contribution in [0.4, 0.5) is 10.5 Å². The van der Waals surface area contributed by atoms with Crippen molar-refractivity contribution in [3.8, 4) is 28.6 Å². The van der Waals surface area contributed by atoms with Crippen LogP contribution >= 0.6 is 0 Å². The number of hydrogen-bond donors (Lipinski definition) is 3. The van der Waals surface area contributed by atoms with Crippen LogP contribution in [0, 0.1) is 10.1 Å². The summed E-state index contributed by atoms with van der Waals surface area (Å²) in [5.41, 5.74) is 3.70. The third-order valence-corrected chi connectivity index (χ3v) is 6.31. The molecule has 2 heterocycles. The van der Waals surface area contributed by atoms with E-state index in [2.05, 4.69) is 21.2 Å². The van der Waals surface area contributed by atoms with E-state index >= 15 is 0 Å². The van der Waals surface area contributed by atoms with Gasteiger partial charge in [-0.3, -0.25) is 14.9 Å². The van der Waals surface area contributed by atoms with E-state index in [9.17, 15) is 24.5 Å². The number of nitro benzene ring substituents is 1. The molecule has 4 rings (SSSR count). The topological polar surface area (TPSA) is 193 Å². The molecule has 3 aromatic rings. The fourth-order valence-corrected chi connectivity index (χ4v) is 4.32. The summed E-state index contributed by atoms with van der Waals surface area (Å²) in [5.74, 6) is 0.281. The van der Waals surface area contributed by atoms with Crippen molar-refractivity contribution >= 4 is 29.8 Å². The van der Waals surface area contributed by atoms with Gasteiger partial charge in [0.1, 0.15) is 17.3 Å². The van der Waals surface area contributed by atoms with Gasteiger partial charge in [0.25, 0.3) is 11.6 Å². The summed E-state index contributed by atoms with van der Waals surface area (Å²) in [5, 5.41) is 20.3. The number of ether oxygens (including phenoxy) is 4. The Morgan fingerprint density at radius 3 is 2.55 bits per heavy atom. The molecule has 3 amide bonds. The number of benzene rings is 2. The Morgan fingerprint density at radius 1 is 1.09 bits per heavy atom. The lowest BCUT2D eigenvalue weighted by atomic mass is 9.95. The Kier molecular flexibility index (Phi) is 9.80. The number of methoxy groups -OCH3 is 2. The Labute approximate surface area is 250 Å². The maximum atomic E-state index is 12.6. The summed E-state index contributed by atoms with van der Waals surface area (Å²) in [7, 11) is 2.84. The molecule has 0 saturated carbocycles. The van der Waals surface area contributed by atoms with Crippen molar-refractivity contribution in [2.75, 3.05) is 27.4 Å². The van der Waals surface area contributed by atoms with Gasteiger partial charge in [0.05, 0.1) is 49.1 Å². The third kappa shape index (κ3) is 7.13. The zero-order valence-corrected chi connectivity index (χ0v) is 24.2. The maximum absolute atomic E-state index is 12.6. The molecule has 1 aromatic heterocycles. The first-order valence-corrected chi connectivity index (χ1v) is 13.2. The average molecular weight is 608 g/mol. The summed E-state index contributed by atoms with van der Waals surface area (Å²) in [6, 6.07) is 10.8. The molecule has 1 atom stereocenters. The number of esters is 1. The normalized spacial score (nSPS) is 14.5. The molecule has 1 aliphatic rings. The number of hydrazone groups is 1. The molecule has 0 spiro atoms. The largest absolute Gasteiger partial charge is 0.496 e. The van der Waals surface area contributed by atoms with Crippen LogP contribution in [-0.4, -0.2) is 56.5 Å². The second-order valence-corrected chi connectivity index (χ2v) is 9.13. The third-order valence-electron chi connectivity index (χ3n) is 6.31. The van der Waals surface area contributed by atoms with Crippen molar-refractivity contribution in [3.05, 3.63) is 81.2 Å². The van der Waals surface area contributed by atoms with Gasteiger partial charge in [-0.05, 0) is 49.7 Å². The van der Waals surface area contributed by atoms with Gasteiger partial charge in [-0.2, -0.15) is 5.10 Å². The molecule has 0 fully saturated rings. The average Bonchev–Trinajstić information content (AvgIpc) is 3.48. The van der Waals surface area contributed by atoms with E-state index in [1.807, 2.05) is 0 Å². The number of furan rings is 1. The van der Waals surface area contributed by atoms with Crippen LogP contribution in [0.3, 0.4) is 0 Å². The first-order chi connectivity index (χ1) is 21.1. The second kappa shape index (κ2) is 13.9. The summed E-state index contributed by atoms with van der Waals surface area (Å²) in [4.78, 5) is 47.7. The van der Waals surface area contributed by atoms with E-state index in [-0.39, 0.29) is 35.1 Å². The highest BCUT2D eigenvalue weighted by Gasteiger charge is 2.32. The first-order valence-electron chi connectivity index (χ1n) is 13.2. The van der Waals surface area contributed by atoms with Crippen LogP contribution in [0.25, 0.3) is 11.3 Å². The highest BCUT2D eigenvalue weighted by atomic mass is 16.6. The number of non-ortho nitro benzene ring substituents is 1. The zero-order valence-electron chi connectivity index (χ0n) is 24.2. The summed E-state index contributed by atoms with van der Waals surface area (Å²) in [6.45, 7) is 3.03. The number of nitro groups is 1. The molecular weight excluding hydrogens is 578 g/mol. The van der Waals surface area contributed by atoms with Crippen molar-refractivity contribution in [1.82, 2.24) is 16.1 Å². The maximum Gasteiger partial charge on any atom is 0.338 e. The van der Waals surface area contributed by atoms with Crippen LogP contribution in [0.2, 0.25) is 0 Å². The lowest BCUT2D eigenvalue weighted by Gasteiger charge is -2.28. The van der Waals surface area contributed by atoms with Gasteiger partial charge >= 0.3 is 12.0 Å². The number of amides is 3. The number of rotatable bonds is 12. The number of nitrogens with zero attached hydrogens (tertiary/aromatic N) is 2. The van der Waals surface area contributed by atoms with Crippen molar-refractivity contribution < 1.29 is 42.7 Å². The molecule has 15 nitrogen and oxygen atoms in total. The highest BCUT2D eigenvalue weighted by Crippen LogP contribution is 2.35. The number of urea groups is 1. The van der Waals surface area contributed by atoms with Gasteiger partial charge in [-0.1, -0.05) is 6.07 Å². The summed E-state index contributed by atoms with van der Waals surface area (Å²) in [6.07, 6.45) is 1.25. The first kappa shape index (κ1) is 31.1. The quantitative estimate of drug-likeness (QED) is 0.119. The standard InChI is InChI=1S/C29H29N5O10/c1-5-42-28(36)26-16(2)31-29(37)32-27(26)17-6-9-23(24(12-17)41-4)43-15-25(35)33-30-14-19-8-11-22(44-19)20-13-18(34(38)39)7-10-21(20)40-3/h6-14,27H,5,15H2,1-4H3,(H,33,35)(H2,31,32,37)/b30-14-/t27-/m1/s1. The van der Waals surface area contributed by atoms with Crippen molar-refractivity contribution in [2.24, 2.45) is 5.10 Å². The summed E-state index contributed by atoms with van der Waals surface area (Å²) < 4.78 is 27.1. The van der Waals surface area contributed by atoms with E-state index in [1.165, 1.54) is 38.6 Å². The smallest absolute Gasteiger partial charge is 0.338 e. The van der Waals surface area contributed by atoms with Crippen LogP contribution in [0.5, 0.6) is 17.2 Å². The zero-order chi connectivity index (χ0) is 31.8. The molecule has 230 valence electrons. The minimum atomic E-state index is -0.802. The lowest BCUT2D eigenvalue weighted by molar-refractivity contribution is -0.384. The minimum absolute atomic E-state index is 0.127. The summed E-state index contributed by atoms with van der Waals surface area (Å²) >= 11 is 0. The molecule has 15 heteroatoms. The molecule has 2 aromatic carbocycles. The van der Waals surface area contributed by atoms with Gasteiger partial charge in [-0.25, -0.2) is 15.0 Å². The SMILES string of the molecule is CCOC(=O)C1=C(C)NC(=O)N[C@@H]1c1ccc(OCC(=O)N/N=C\c2ccc(-c3cc([N+](=O)[O-])ccc3OC)o2)c(OC)c1. The number of carbonyl (C=O) groups excluding carboxylic acids is 3. The van der Waals surface area contributed by atoms with E-state index in [1.54, 1.807) is 44.2 Å². The predicted octanol–water partition coefficient (Wildman–Crippen LogP) is 3.59. The van der Waals surface area contributed by atoms with Crippen LogP contribution in [0.1, 0.15) is 31.2 Å².